The zero-order valence-electron chi connectivity index (χ0n) is 5.90. The highest BCUT2D eigenvalue weighted by Crippen LogP contribution is 2.13. The molecule has 2 unspecified atom stereocenters. The summed E-state index contributed by atoms with van der Waals surface area (Å²) >= 11 is 1.95. The van der Waals surface area contributed by atoms with Gasteiger partial charge >= 0.3 is 0 Å². The second-order valence-electron chi connectivity index (χ2n) is 2.12. The summed E-state index contributed by atoms with van der Waals surface area (Å²) in [6, 6.07) is 0. The van der Waals surface area contributed by atoms with Gasteiger partial charge in [0.1, 0.15) is 0 Å². The lowest BCUT2D eigenvalue weighted by Gasteiger charge is -2.05. The third-order valence-electron chi connectivity index (χ3n) is 1.00. The molecule has 2 heteroatoms. The maximum absolute atomic E-state index is 2.33. The summed E-state index contributed by atoms with van der Waals surface area (Å²) < 4.78 is 0. The lowest BCUT2D eigenvalue weighted by Crippen LogP contribution is -1.98. The minimum Gasteiger partial charge on any atom is -0.165 e. The summed E-state index contributed by atoms with van der Waals surface area (Å²) in [4.78, 5) is 0. The highest BCUT2D eigenvalue weighted by atomic mass is 32.2. The Bertz CT molecular complexity index is 41.8. The minimum atomic E-state index is 0.938. The molecule has 0 aliphatic rings. The zero-order chi connectivity index (χ0) is 6.41. The molecular formula is C6H15PS. The molecule has 2 atom stereocenters. The summed E-state index contributed by atoms with van der Waals surface area (Å²) in [6.07, 6.45) is 3.59. The van der Waals surface area contributed by atoms with Crippen LogP contribution in [-0.2, 0) is 0 Å². The Hall–Kier alpha value is 0.780. The average molecular weight is 150 g/mol. The molecule has 0 nitrogen and oxygen atoms in total. The Morgan fingerprint density at radius 1 is 1.62 bits per heavy atom. The normalized spacial score (nSPS) is 15.4. The van der Waals surface area contributed by atoms with Crippen molar-refractivity contribution in [1.29, 1.82) is 0 Å². The molecule has 0 aromatic heterocycles. The van der Waals surface area contributed by atoms with Crippen LogP contribution < -0.4 is 0 Å². The molecule has 0 rings (SSSR count). The molecule has 0 fully saturated rings. The van der Waals surface area contributed by atoms with Crippen LogP contribution in [0.1, 0.15) is 6.92 Å². The van der Waals surface area contributed by atoms with E-state index in [0.29, 0.717) is 0 Å². The van der Waals surface area contributed by atoms with Crippen LogP contribution in [0.4, 0.5) is 0 Å². The monoisotopic (exact) mass is 150 g/mol. The van der Waals surface area contributed by atoms with Crippen molar-refractivity contribution in [2.75, 3.05) is 24.8 Å². The van der Waals surface area contributed by atoms with E-state index >= 15 is 0 Å². The summed E-state index contributed by atoms with van der Waals surface area (Å²) in [5.74, 6) is 2.27. The Morgan fingerprint density at radius 2 is 2.25 bits per heavy atom. The fourth-order valence-corrected chi connectivity index (χ4v) is 2.43. The van der Waals surface area contributed by atoms with Gasteiger partial charge in [-0.3, -0.25) is 0 Å². The van der Waals surface area contributed by atoms with Crippen LogP contribution >= 0.6 is 20.3 Å². The van der Waals surface area contributed by atoms with Gasteiger partial charge in [-0.15, -0.1) is 8.58 Å². The van der Waals surface area contributed by atoms with E-state index in [2.05, 4.69) is 19.8 Å². The van der Waals surface area contributed by atoms with Gasteiger partial charge in [0.2, 0.25) is 0 Å². The molecule has 0 bridgehead atoms. The Labute approximate surface area is 58.6 Å². The molecular weight excluding hydrogens is 135 g/mol. The average Bonchev–Trinajstić information content (AvgIpc) is 1.68. The largest absolute Gasteiger partial charge is 0.165 e. The van der Waals surface area contributed by atoms with Crippen molar-refractivity contribution in [1.82, 2.24) is 0 Å². The molecule has 0 saturated heterocycles. The third kappa shape index (κ3) is 4.93. The van der Waals surface area contributed by atoms with Gasteiger partial charge in [-0.1, -0.05) is 6.92 Å². The van der Waals surface area contributed by atoms with Gasteiger partial charge in [0.05, 0.1) is 0 Å². The molecule has 0 aromatic carbocycles. The van der Waals surface area contributed by atoms with Gasteiger partial charge in [0.25, 0.3) is 0 Å². The molecule has 0 aliphatic carbocycles. The van der Waals surface area contributed by atoms with Gasteiger partial charge in [-0.25, -0.2) is 0 Å². The summed E-state index contributed by atoms with van der Waals surface area (Å²) in [7, 11) is 1.13. The van der Waals surface area contributed by atoms with Crippen molar-refractivity contribution in [2.45, 2.75) is 6.92 Å². The topological polar surface area (TPSA) is 0 Å². The molecule has 8 heavy (non-hydrogen) atoms. The van der Waals surface area contributed by atoms with E-state index in [-0.39, 0.29) is 0 Å². The second-order valence-corrected chi connectivity index (χ2v) is 4.14. The van der Waals surface area contributed by atoms with E-state index < -0.39 is 0 Å². The van der Waals surface area contributed by atoms with Crippen LogP contribution in [0, 0.1) is 5.92 Å². The number of hydrogen-bond acceptors (Lipinski definition) is 1. The van der Waals surface area contributed by atoms with Crippen molar-refractivity contribution in [3.63, 3.8) is 0 Å². The predicted octanol–water partition coefficient (Wildman–Crippen LogP) is 2.29. The number of rotatable bonds is 4. The van der Waals surface area contributed by atoms with Crippen molar-refractivity contribution < 1.29 is 0 Å². The standard InChI is InChI=1S/C6H15PS/c1-6(4-7-2)5-8-3/h6-7H,4-5H2,1-3H3. The van der Waals surface area contributed by atoms with Crippen LogP contribution in [0.5, 0.6) is 0 Å². The fraction of sp³-hybridized carbons (Fsp3) is 1.00. The van der Waals surface area contributed by atoms with Crippen LogP contribution in [0.25, 0.3) is 0 Å². The molecule has 0 N–H and O–H groups in total. The first kappa shape index (κ1) is 8.78. The number of hydrogen-bond donors (Lipinski definition) is 0. The maximum atomic E-state index is 2.33. The highest BCUT2D eigenvalue weighted by molar-refractivity contribution is 7.98. The summed E-state index contributed by atoms with van der Waals surface area (Å²) in [5, 5.41) is 0. The van der Waals surface area contributed by atoms with Gasteiger partial charge in [0.15, 0.2) is 0 Å². The minimum absolute atomic E-state index is 0.938. The maximum Gasteiger partial charge on any atom is -0.00413 e. The summed E-state index contributed by atoms with van der Waals surface area (Å²) in [6.45, 7) is 4.60. The smallest absolute Gasteiger partial charge is 0.00413 e. The molecule has 0 radical (unpaired) electrons. The Morgan fingerprint density at radius 3 is 2.62 bits per heavy atom. The van der Waals surface area contributed by atoms with Crippen molar-refractivity contribution in [2.24, 2.45) is 5.92 Å². The quantitative estimate of drug-likeness (QED) is 0.554. The lowest BCUT2D eigenvalue weighted by molar-refractivity contribution is 0.763. The van der Waals surface area contributed by atoms with Crippen LogP contribution in [0.2, 0.25) is 0 Å². The lowest BCUT2D eigenvalue weighted by atomic mass is 10.3. The van der Waals surface area contributed by atoms with E-state index in [1.807, 2.05) is 11.8 Å². The first-order chi connectivity index (χ1) is 3.81. The van der Waals surface area contributed by atoms with Crippen molar-refractivity contribution >= 4 is 20.3 Å². The van der Waals surface area contributed by atoms with Crippen LogP contribution in [-0.4, -0.2) is 24.8 Å². The van der Waals surface area contributed by atoms with Crippen LogP contribution in [0.3, 0.4) is 0 Å². The van der Waals surface area contributed by atoms with Gasteiger partial charge in [-0.05, 0) is 30.8 Å². The highest BCUT2D eigenvalue weighted by Gasteiger charge is 1.96. The molecule has 0 saturated carbocycles. The Kier molecular flexibility index (Phi) is 6.48. The van der Waals surface area contributed by atoms with E-state index in [9.17, 15) is 0 Å². The van der Waals surface area contributed by atoms with Gasteiger partial charge in [0, 0.05) is 0 Å². The zero-order valence-corrected chi connectivity index (χ0v) is 7.72. The SMILES string of the molecule is CPCC(C)CSC. The van der Waals surface area contributed by atoms with E-state index in [4.69, 9.17) is 0 Å². The molecule has 50 valence electrons. The first-order valence-corrected chi connectivity index (χ1v) is 6.05. The van der Waals surface area contributed by atoms with Gasteiger partial charge in [-0.2, -0.15) is 11.8 Å². The molecule has 0 amide bonds. The van der Waals surface area contributed by atoms with E-state index in [0.717, 1.165) is 14.5 Å². The number of thioether (sulfide) groups is 1. The van der Waals surface area contributed by atoms with E-state index in [1.54, 1.807) is 0 Å². The molecule has 0 aromatic rings. The van der Waals surface area contributed by atoms with Gasteiger partial charge < -0.3 is 0 Å². The van der Waals surface area contributed by atoms with Crippen molar-refractivity contribution in [3.8, 4) is 0 Å². The molecule has 0 aliphatic heterocycles. The van der Waals surface area contributed by atoms with Crippen molar-refractivity contribution in [3.05, 3.63) is 0 Å². The third-order valence-corrected chi connectivity index (χ3v) is 3.01. The first-order valence-electron chi connectivity index (χ1n) is 2.94. The molecule has 0 spiro atoms. The Balaban J connectivity index is 2.92. The second kappa shape index (κ2) is 5.91. The fourth-order valence-electron chi connectivity index (χ4n) is 0.692. The summed E-state index contributed by atoms with van der Waals surface area (Å²) in [5.41, 5.74) is 0. The molecule has 0 heterocycles. The predicted molar refractivity (Wildman–Crippen MR) is 46.7 cm³/mol. The van der Waals surface area contributed by atoms with E-state index in [1.165, 1.54) is 11.9 Å². The van der Waals surface area contributed by atoms with Crippen LogP contribution in [0.15, 0.2) is 0 Å².